The van der Waals surface area contributed by atoms with E-state index in [-0.39, 0.29) is 11.3 Å². The van der Waals surface area contributed by atoms with Crippen LogP contribution in [0.4, 0.5) is 0 Å². The van der Waals surface area contributed by atoms with E-state index in [0.717, 1.165) is 12.1 Å². The lowest BCUT2D eigenvalue weighted by Crippen LogP contribution is -2.32. The second-order valence-corrected chi connectivity index (χ2v) is 9.44. The van der Waals surface area contributed by atoms with Crippen molar-refractivity contribution in [3.05, 3.63) is 106 Å². The first-order valence-electron chi connectivity index (χ1n) is 11.8. The highest BCUT2D eigenvalue weighted by Crippen LogP contribution is 2.40. The lowest BCUT2D eigenvalue weighted by Gasteiger charge is -2.26. The molecule has 0 spiro atoms. The number of ketones is 1. The number of likely N-dealkylation sites (tertiary alicyclic amines) is 1. The highest BCUT2D eigenvalue weighted by molar-refractivity contribution is 6.46. The van der Waals surface area contributed by atoms with Gasteiger partial charge in [0.15, 0.2) is 0 Å². The second-order valence-electron chi connectivity index (χ2n) is 9.00. The number of hydrogen-bond acceptors (Lipinski definition) is 5. The minimum Gasteiger partial charge on any atom is -0.507 e. The Labute approximate surface area is 216 Å². The van der Waals surface area contributed by atoms with E-state index >= 15 is 0 Å². The minimum atomic E-state index is -0.696. The molecule has 0 bridgehead atoms. The molecule has 1 saturated heterocycles. The number of halogens is 1. The van der Waals surface area contributed by atoms with Gasteiger partial charge in [-0.25, -0.2) is 0 Å². The van der Waals surface area contributed by atoms with Crippen LogP contribution in [-0.2, 0) is 16.2 Å². The molecular weight excluding hydrogens is 476 g/mol. The molecule has 0 aromatic heterocycles. The van der Waals surface area contributed by atoms with Gasteiger partial charge in [-0.15, -0.1) is 0 Å². The molecule has 1 aliphatic heterocycles. The van der Waals surface area contributed by atoms with E-state index < -0.39 is 17.7 Å². The Morgan fingerprint density at radius 2 is 1.64 bits per heavy atom. The molecule has 0 unspecified atom stereocenters. The zero-order valence-corrected chi connectivity index (χ0v) is 21.1. The zero-order chi connectivity index (χ0) is 25.7. The molecule has 1 amide bonds. The number of benzene rings is 3. The molecule has 186 valence electrons. The van der Waals surface area contributed by atoms with Crippen LogP contribution in [0.25, 0.3) is 5.76 Å². The Hall–Kier alpha value is -3.61. The number of aliphatic hydroxyl groups excluding tert-OH is 1. The van der Waals surface area contributed by atoms with Crippen molar-refractivity contribution < 1.29 is 19.4 Å². The van der Waals surface area contributed by atoms with E-state index in [9.17, 15) is 14.7 Å². The fraction of sp³-hybridized carbons (Fsp3) is 0.241. The molecule has 1 N–H and O–H groups in total. The first-order valence-corrected chi connectivity index (χ1v) is 12.2. The smallest absolute Gasteiger partial charge is 0.295 e. The van der Waals surface area contributed by atoms with Crippen LogP contribution in [0.15, 0.2) is 84.4 Å². The molecule has 1 atom stereocenters. The number of carbonyl (C=O) groups excluding carboxylic acids is 2. The van der Waals surface area contributed by atoms with Gasteiger partial charge in [0.1, 0.15) is 18.1 Å². The van der Waals surface area contributed by atoms with Crippen LogP contribution < -0.4 is 4.74 Å². The number of amides is 1. The van der Waals surface area contributed by atoms with Crippen LogP contribution in [0, 0.1) is 0 Å². The molecule has 0 aliphatic carbocycles. The maximum atomic E-state index is 13.1. The van der Waals surface area contributed by atoms with Crippen molar-refractivity contribution in [3.8, 4) is 5.75 Å². The molecule has 7 heteroatoms. The summed E-state index contributed by atoms with van der Waals surface area (Å²) in [5.41, 5.74) is 2.27. The van der Waals surface area contributed by atoms with Crippen LogP contribution in [-0.4, -0.2) is 53.8 Å². The highest BCUT2D eigenvalue weighted by Gasteiger charge is 2.45. The fourth-order valence-electron chi connectivity index (χ4n) is 4.26. The number of ether oxygens (including phenoxy) is 1. The predicted octanol–water partition coefficient (Wildman–Crippen LogP) is 5.29. The van der Waals surface area contributed by atoms with Crippen molar-refractivity contribution in [2.24, 2.45) is 0 Å². The second kappa shape index (κ2) is 11.4. The summed E-state index contributed by atoms with van der Waals surface area (Å²) in [6.07, 6.45) is 0.692. The van der Waals surface area contributed by atoms with Crippen molar-refractivity contribution in [1.82, 2.24) is 9.80 Å². The first-order chi connectivity index (χ1) is 17.3. The number of carbonyl (C=O) groups is 2. The summed E-state index contributed by atoms with van der Waals surface area (Å²) in [4.78, 5) is 29.7. The van der Waals surface area contributed by atoms with E-state index in [1.807, 2.05) is 49.3 Å². The molecule has 1 fully saturated rings. The molecule has 1 aliphatic rings. The highest BCUT2D eigenvalue weighted by atomic mass is 35.5. The Balaban J connectivity index is 1.63. The van der Waals surface area contributed by atoms with Gasteiger partial charge in [0.05, 0.1) is 11.6 Å². The quantitative estimate of drug-likeness (QED) is 0.243. The van der Waals surface area contributed by atoms with Gasteiger partial charge >= 0.3 is 0 Å². The van der Waals surface area contributed by atoms with Gasteiger partial charge in [-0.05, 0) is 74.6 Å². The molecule has 6 nitrogen and oxygen atoms in total. The maximum Gasteiger partial charge on any atom is 0.295 e. The van der Waals surface area contributed by atoms with Crippen LogP contribution in [0.1, 0.15) is 29.2 Å². The number of hydrogen-bond donors (Lipinski definition) is 1. The summed E-state index contributed by atoms with van der Waals surface area (Å²) in [5.74, 6) is -0.883. The van der Waals surface area contributed by atoms with Gasteiger partial charge in [0.25, 0.3) is 11.7 Å². The Morgan fingerprint density at radius 3 is 2.28 bits per heavy atom. The van der Waals surface area contributed by atoms with Gasteiger partial charge in [0, 0.05) is 17.1 Å². The van der Waals surface area contributed by atoms with E-state index in [1.165, 1.54) is 4.90 Å². The lowest BCUT2D eigenvalue weighted by molar-refractivity contribution is -0.139. The summed E-state index contributed by atoms with van der Waals surface area (Å²) in [5, 5.41) is 11.8. The van der Waals surface area contributed by atoms with E-state index in [2.05, 4.69) is 0 Å². The van der Waals surface area contributed by atoms with Crippen molar-refractivity contribution in [2.45, 2.75) is 19.1 Å². The number of aliphatic hydroxyl groups is 1. The lowest BCUT2D eigenvalue weighted by atomic mass is 9.95. The monoisotopic (exact) mass is 504 g/mol. The molecule has 0 saturated carbocycles. The summed E-state index contributed by atoms with van der Waals surface area (Å²) in [6, 6.07) is 23.0. The van der Waals surface area contributed by atoms with Crippen LogP contribution in [0.2, 0.25) is 5.02 Å². The summed E-state index contributed by atoms with van der Waals surface area (Å²) < 4.78 is 5.83. The first kappa shape index (κ1) is 25.5. The summed E-state index contributed by atoms with van der Waals surface area (Å²) >= 11 is 6.08. The average molecular weight is 505 g/mol. The SMILES string of the molecule is CN(C)CCCN1C(=O)C(=O)C(=C(O)c2ccc(OCc3ccccc3)cc2)[C@H]1c1ccc(Cl)cc1. The third kappa shape index (κ3) is 5.78. The maximum absolute atomic E-state index is 13.1. The molecule has 3 aromatic rings. The van der Waals surface area contributed by atoms with E-state index in [0.29, 0.717) is 41.5 Å². The fourth-order valence-corrected chi connectivity index (χ4v) is 4.39. The Kier molecular flexibility index (Phi) is 8.08. The van der Waals surface area contributed by atoms with Gasteiger partial charge in [-0.3, -0.25) is 9.59 Å². The predicted molar refractivity (Wildman–Crippen MR) is 141 cm³/mol. The van der Waals surface area contributed by atoms with Gasteiger partial charge in [-0.1, -0.05) is 54.1 Å². The Morgan fingerprint density at radius 1 is 0.972 bits per heavy atom. The normalized spacial score (nSPS) is 17.1. The zero-order valence-electron chi connectivity index (χ0n) is 20.4. The van der Waals surface area contributed by atoms with E-state index in [4.69, 9.17) is 16.3 Å². The molecular formula is C29H29ClN2O4. The molecule has 4 rings (SSSR count). The minimum absolute atomic E-state index is 0.0742. The third-order valence-corrected chi connectivity index (χ3v) is 6.36. The molecule has 3 aromatic carbocycles. The summed E-state index contributed by atoms with van der Waals surface area (Å²) in [7, 11) is 3.91. The number of Topliss-reactive ketones (excluding diaryl/α,β-unsaturated/α-hetero) is 1. The van der Waals surface area contributed by atoms with Crippen LogP contribution in [0.5, 0.6) is 5.75 Å². The van der Waals surface area contributed by atoms with Crippen molar-refractivity contribution in [2.75, 3.05) is 27.2 Å². The standard InChI is InChI=1S/C29H29ClN2O4/c1-31(2)17-6-18-32-26(21-9-13-23(30)14-10-21)25(28(34)29(32)35)27(33)22-11-15-24(16-12-22)36-19-20-7-4-3-5-8-20/h3-5,7-16,26,33H,6,17-19H2,1-2H3/t26-/m1/s1. The number of nitrogens with zero attached hydrogens (tertiary/aromatic N) is 2. The van der Waals surface area contributed by atoms with Crippen molar-refractivity contribution in [3.63, 3.8) is 0 Å². The van der Waals surface area contributed by atoms with E-state index in [1.54, 1.807) is 48.5 Å². The topological polar surface area (TPSA) is 70.1 Å². The number of rotatable bonds is 9. The largest absolute Gasteiger partial charge is 0.507 e. The molecule has 36 heavy (non-hydrogen) atoms. The summed E-state index contributed by atoms with van der Waals surface area (Å²) in [6.45, 7) is 1.57. The van der Waals surface area contributed by atoms with Gasteiger partial charge in [0.2, 0.25) is 0 Å². The van der Waals surface area contributed by atoms with Crippen molar-refractivity contribution in [1.29, 1.82) is 0 Å². The van der Waals surface area contributed by atoms with Crippen LogP contribution in [0.3, 0.4) is 0 Å². The Bertz CT molecular complexity index is 1240. The molecule has 1 heterocycles. The molecule has 0 radical (unpaired) electrons. The van der Waals surface area contributed by atoms with Crippen molar-refractivity contribution >= 4 is 29.1 Å². The average Bonchev–Trinajstić information content (AvgIpc) is 3.13. The van der Waals surface area contributed by atoms with Crippen LogP contribution >= 0.6 is 11.6 Å². The third-order valence-electron chi connectivity index (χ3n) is 6.11. The van der Waals surface area contributed by atoms with Gasteiger partial charge in [-0.2, -0.15) is 0 Å². The van der Waals surface area contributed by atoms with Gasteiger partial charge < -0.3 is 19.6 Å².